The van der Waals surface area contributed by atoms with Crippen molar-refractivity contribution >= 4 is 17.6 Å². The largest absolute Gasteiger partial charge is 0.480 e. The molecule has 1 aliphatic rings. The minimum absolute atomic E-state index is 0.0362. The van der Waals surface area contributed by atoms with Gasteiger partial charge in [-0.2, -0.15) is 0 Å². The second kappa shape index (κ2) is 3.85. The van der Waals surface area contributed by atoms with Gasteiger partial charge in [0.1, 0.15) is 5.54 Å². The molecule has 0 saturated heterocycles. The van der Waals surface area contributed by atoms with E-state index >= 15 is 0 Å². The van der Waals surface area contributed by atoms with E-state index in [4.69, 9.17) is 10.8 Å². The Hall–Kier alpha value is -1.88. The molecule has 5 heteroatoms. The first kappa shape index (κ1) is 11.6. The van der Waals surface area contributed by atoms with Crippen LogP contribution in [0.25, 0.3) is 0 Å². The normalized spacial score (nSPS) is 17.2. The van der Waals surface area contributed by atoms with Crippen molar-refractivity contribution in [2.45, 2.75) is 25.3 Å². The molecule has 0 aromatic heterocycles. The van der Waals surface area contributed by atoms with Gasteiger partial charge in [-0.1, -0.05) is 12.1 Å². The highest BCUT2D eigenvalue weighted by molar-refractivity contribution is 5.99. The molecule has 0 radical (unpaired) electrons. The topological polar surface area (TPSA) is 92.4 Å². The van der Waals surface area contributed by atoms with Crippen molar-refractivity contribution in [2.75, 3.05) is 5.32 Å². The molecule has 0 unspecified atom stereocenters. The average Bonchev–Trinajstić information content (AvgIpc) is 2.56. The number of nitrogens with two attached hydrogens (primary N) is 1. The Labute approximate surface area is 98.6 Å². The predicted molar refractivity (Wildman–Crippen MR) is 62.7 cm³/mol. The van der Waals surface area contributed by atoms with E-state index in [1.165, 1.54) is 6.92 Å². The summed E-state index contributed by atoms with van der Waals surface area (Å²) in [6.07, 6.45) is 0.585. The zero-order valence-corrected chi connectivity index (χ0v) is 9.49. The number of amides is 1. The zero-order chi connectivity index (χ0) is 12.6. The third-order valence-corrected chi connectivity index (χ3v) is 2.85. The van der Waals surface area contributed by atoms with Crippen LogP contribution in [-0.4, -0.2) is 22.5 Å². The smallest absolute Gasteiger partial charge is 0.323 e. The van der Waals surface area contributed by atoms with Gasteiger partial charge in [-0.15, -0.1) is 0 Å². The van der Waals surface area contributed by atoms with Gasteiger partial charge in [0.25, 0.3) is 0 Å². The third-order valence-electron chi connectivity index (χ3n) is 2.85. The molecule has 0 saturated carbocycles. The number of nitrogens with one attached hydrogen (secondary N) is 1. The molecule has 0 spiro atoms. The molecule has 0 bridgehead atoms. The Morgan fingerprint density at radius 3 is 2.94 bits per heavy atom. The van der Waals surface area contributed by atoms with Gasteiger partial charge in [-0.3, -0.25) is 9.59 Å². The second-order valence-electron chi connectivity index (χ2n) is 4.62. The molecule has 1 aromatic carbocycles. The number of hydrogen-bond acceptors (Lipinski definition) is 3. The van der Waals surface area contributed by atoms with Crippen molar-refractivity contribution in [1.29, 1.82) is 0 Å². The molecular formula is C12H14N2O3. The van der Waals surface area contributed by atoms with E-state index in [0.29, 0.717) is 6.42 Å². The highest BCUT2D eigenvalue weighted by Gasteiger charge is 2.28. The number of fused-ring (bicyclic) bond motifs is 1. The van der Waals surface area contributed by atoms with Gasteiger partial charge in [0, 0.05) is 12.1 Å². The molecule has 90 valence electrons. The summed E-state index contributed by atoms with van der Waals surface area (Å²) in [4.78, 5) is 22.1. The maximum Gasteiger partial charge on any atom is 0.323 e. The molecule has 17 heavy (non-hydrogen) atoms. The van der Waals surface area contributed by atoms with Gasteiger partial charge < -0.3 is 16.2 Å². The van der Waals surface area contributed by atoms with E-state index in [9.17, 15) is 9.59 Å². The van der Waals surface area contributed by atoms with Crippen molar-refractivity contribution in [3.05, 3.63) is 29.3 Å². The SMILES string of the molecule is C[C@](N)(Cc1ccc2c(c1)CC(=O)N2)C(=O)O. The third kappa shape index (κ3) is 2.29. The standard InChI is InChI=1S/C12H14N2O3/c1-12(13,11(16)17)6-7-2-3-9-8(4-7)5-10(15)14-9/h2-4H,5-6,13H2,1H3,(H,14,15)(H,16,17)/t12-/m0/s1. The molecule has 5 nitrogen and oxygen atoms in total. The van der Waals surface area contributed by atoms with Crippen LogP contribution < -0.4 is 11.1 Å². The predicted octanol–water partition coefficient (Wildman–Crippen LogP) is 0.526. The lowest BCUT2D eigenvalue weighted by Gasteiger charge is -2.19. The van der Waals surface area contributed by atoms with E-state index in [1.807, 2.05) is 6.07 Å². The van der Waals surface area contributed by atoms with Gasteiger partial charge in [-0.05, 0) is 24.1 Å². The zero-order valence-electron chi connectivity index (χ0n) is 9.49. The molecule has 0 aliphatic carbocycles. The lowest BCUT2D eigenvalue weighted by Crippen LogP contribution is -2.46. The van der Waals surface area contributed by atoms with Gasteiger partial charge in [0.05, 0.1) is 6.42 Å². The Morgan fingerprint density at radius 2 is 2.29 bits per heavy atom. The molecular weight excluding hydrogens is 220 g/mol. The number of carboxylic acid groups (broad SMARTS) is 1. The highest BCUT2D eigenvalue weighted by Crippen LogP contribution is 2.25. The molecule has 1 aliphatic heterocycles. The number of aliphatic carboxylic acids is 1. The van der Waals surface area contributed by atoms with E-state index in [0.717, 1.165) is 16.8 Å². The van der Waals surface area contributed by atoms with Crippen LogP contribution in [0.2, 0.25) is 0 Å². The molecule has 2 rings (SSSR count). The van der Waals surface area contributed by atoms with Crippen LogP contribution in [0.4, 0.5) is 5.69 Å². The van der Waals surface area contributed by atoms with Crippen LogP contribution >= 0.6 is 0 Å². The average molecular weight is 234 g/mol. The summed E-state index contributed by atoms with van der Waals surface area (Å²) in [7, 11) is 0. The summed E-state index contributed by atoms with van der Waals surface area (Å²) >= 11 is 0. The molecule has 1 aromatic rings. The van der Waals surface area contributed by atoms with Gasteiger partial charge in [-0.25, -0.2) is 0 Å². The molecule has 1 heterocycles. The van der Waals surface area contributed by atoms with Crippen molar-refractivity contribution < 1.29 is 14.7 Å². The summed E-state index contributed by atoms with van der Waals surface area (Å²) in [6.45, 7) is 1.48. The minimum Gasteiger partial charge on any atom is -0.480 e. The lowest BCUT2D eigenvalue weighted by atomic mass is 9.93. The number of hydrogen-bond donors (Lipinski definition) is 3. The number of benzene rings is 1. The van der Waals surface area contributed by atoms with E-state index < -0.39 is 11.5 Å². The summed E-state index contributed by atoms with van der Waals surface area (Å²) in [5.74, 6) is -1.07. The molecule has 4 N–H and O–H groups in total. The fourth-order valence-electron chi connectivity index (χ4n) is 1.89. The number of carboxylic acids is 1. The van der Waals surface area contributed by atoms with Gasteiger partial charge in [0.15, 0.2) is 0 Å². The number of carbonyl (C=O) groups is 2. The quantitative estimate of drug-likeness (QED) is 0.711. The maximum absolute atomic E-state index is 11.2. The Kier molecular flexibility index (Phi) is 2.63. The number of anilines is 1. The fraction of sp³-hybridized carbons (Fsp3) is 0.333. The van der Waals surface area contributed by atoms with Crippen molar-refractivity contribution in [3.8, 4) is 0 Å². The summed E-state index contributed by atoms with van der Waals surface area (Å²) in [6, 6.07) is 5.41. The van der Waals surface area contributed by atoms with Crippen molar-refractivity contribution in [1.82, 2.24) is 0 Å². The fourth-order valence-corrected chi connectivity index (χ4v) is 1.89. The second-order valence-corrected chi connectivity index (χ2v) is 4.62. The first-order valence-electron chi connectivity index (χ1n) is 5.32. The number of carbonyl (C=O) groups excluding carboxylic acids is 1. The summed E-state index contributed by atoms with van der Waals surface area (Å²) in [5.41, 5.74) is 6.92. The van der Waals surface area contributed by atoms with Crippen LogP contribution in [-0.2, 0) is 22.4 Å². The van der Waals surface area contributed by atoms with E-state index in [-0.39, 0.29) is 12.3 Å². The van der Waals surface area contributed by atoms with Crippen molar-refractivity contribution in [3.63, 3.8) is 0 Å². The minimum atomic E-state index is -1.29. The molecule has 1 amide bonds. The first-order valence-corrected chi connectivity index (χ1v) is 5.32. The van der Waals surface area contributed by atoms with Crippen LogP contribution in [0.3, 0.4) is 0 Å². The molecule has 0 fully saturated rings. The summed E-state index contributed by atoms with van der Waals surface area (Å²) < 4.78 is 0. The monoisotopic (exact) mass is 234 g/mol. The van der Waals surface area contributed by atoms with Crippen LogP contribution in [0.15, 0.2) is 18.2 Å². The Bertz CT molecular complexity index is 495. The first-order chi connectivity index (χ1) is 7.88. The van der Waals surface area contributed by atoms with E-state index in [1.54, 1.807) is 12.1 Å². The lowest BCUT2D eigenvalue weighted by molar-refractivity contribution is -0.142. The Morgan fingerprint density at radius 1 is 1.59 bits per heavy atom. The van der Waals surface area contributed by atoms with Gasteiger partial charge in [0.2, 0.25) is 5.91 Å². The van der Waals surface area contributed by atoms with Crippen LogP contribution in [0.5, 0.6) is 0 Å². The van der Waals surface area contributed by atoms with Crippen LogP contribution in [0, 0.1) is 0 Å². The van der Waals surface area contributed by atoms with Crippen LogP contribution in [0.1, 0.15) is 18.1 Å². The Balaban J connectivity index is 2.22. The summed E-state index contributed by atoms with van der Waals surface area (Å²) in [5, 5.41) is 11.7. The number of rotatable bonds is 3. The van der Waals surface area contributed by atoms with E-state index in [2.05, 4.69) is 5.32 Å². The highest BCUT2D eigenvalue weighted by atomic mass is 16.4. The van der Waals surface area contributed by atoms with Crippen molar-refractivity contribution in [2.24, 2.45) is 5.73 Å². The molecule has 1 atom stereocenters. The van der Waals surface area contributed by atoms with Gasteiger partial charge >= 0.3 is 5.97 Å². The maximum atomic E-state index is 11.2.